The summed E-state index contributed by atoms with van der Waals surface area (Å²) in [6, 6.07) is 5.02. The van der Waals surface area contributed by atoms with Crippen LogP contribution in [0.25, 0.3) is 0 Å². The summed E-state index contributed by atoms with van der Waals surface area (Å²) in [6.07, 6.45) is 2.44. The van der Waals surface area contributed by atoms with Gasteiger partial charge in [0.15, 0.2) is 11.5 Å². The molecule has 7 heteroatoms. The SMILES string of the molecule is COc1ccc(C(=O)N2CCc3cc(=O)n(C)cc3C2)c(OC)c1OC. The third-order valence-corrected chi connectivity index (χ3v) is 4.64. The summed E-state index contributed by atoms with van der Waals surface area (Å²) in [5, 5.41) is 0. The van der Waals surface area contributed by atoms with Crippen molar-refractivity contribution >= 4 is 5.91 Å². The number of methoxy groups -OCH3 is 3. The number of pyridine rings is 1. The Morgan fingerprint density at radius 2 is 1.77 bits per heavy atom. The van der Waals surface area contributed by atoms with Crippen molar-refractivity contribution in [2.24, 2.45) is 7.05 Å². The van der Waals surface area contributed by atoms with E-state index in [4.69, 9.17) is 14.2 Å². The van der Waals surface area contributed by atoms with E-state index in [2.05, 4.69) is 0 Å². The molecule has 2 heterocycles. The molecule has 0 bridgehead atoms. The van der Waals surface area contributed by atoms with Gasteiger partial charge >= 0.3 is 0 Å². The van der Waals surface area contributed by atoms with Gasteiger partial charge in [-0.15, -0.1) is 0 Å². The first-order valence-electron chi connectivity index (χ1n) is 8.26. The Labute approximate surface area is 151 Å². The molecule has 0 aliphatic carbocycles. The lowest BCUT2D eigenvalue weighted by molar-refractivity contribution is 0.0730. The summed E-state index contributed by atoms with van der Waals surface area (Å²) in [5.74, 6) is 1.09. The first kappa shape index (κ1) is 17.8. The molecule has 26 heavy (non-hydrogen) atoms. The summed E-state index contributed by atoms with van der Waals surface area (Å²) in [4.78, 5) is 26.6. The van der Waals surface area contributed by atoms with Gasteiger partial charge in [-0.05, 0) is 29.7 Å². The lowest BCUT2D eigenvalue weighted by atomic mass is 10.0. The molecule has 0 fully saturated rings. The molecule has 0 radical (unpaired) electrons. The number of rotatable bonds is 4. The largest absolute Gasteiger partial charge is 0.493 e. The van der Waals surface area contributed by atoms with Crippen molar-refractivity contribution in [1.29, 1.82) is 0 Å². The molecule has 1 amide bonds. The third-order valence-electron chi connectivity index (χ3n) is 4.64. The number of amides is 1. The molecule has 0 unspecified atom stereocenters. The molecule has 1 aliphatic heterocycles. The van der Waals surface area contributed by atoms with Crippen molar-refractivity contribution < 1.29 is 19.0 Å². The summed E-state index contributed by atoms with van der Waals surface area (Å²) < 4.78 is 17.6. The van der Waals surface area contributed by atoms with Gasteiger partial charge in [-0.2, -0.15) is 0 Å². The zero-order valence-corrected chi connectivity index (χ0v) is 15.4. The quantitative estimate of drug-likeness (QED) is 0.830. The zero-order chi connectivity index (χ0) is 18.8. The number of benzene rings is 1. The van der Waals surface area contributed by atoms with Crippen LogP contribution >= 0.6 is 0 Å². The molecule has 1 aliphatic rings. The van der Waals surface area contributed by atoms with Gasteiger partial charge in [-0.25, -0.2) is 0 Å². The van der Waals surface area contributed by atoms with Crippen LogP contribution in [0.1, 0.15) is 21.5 Å². The minimum Gasteiger partial charge on any atom is -0.493 e. The molecule has 0 atom stereocenters. The van der Waals surface area contributed by atoms with Gasteiger partial charge in [0, 0.05) is 32.4 Å². The third kappa shape index (κ3) is 3.00. The van der Waals surface area contributed by atoms with Crippen LogP contribution in [0.2, 0.25) is 0 Å². The molecule has 0 saturated carbocycles. The molecule has 2 aromatic rings. The maximum Gasteiger partial charge on any atom is 0.258 e. The number of carbonyl (C=O) groups is 1. The second-order valence-corrected chi connectivity index (χ2v) is 6.13. The average molecular weight is 358 g/mol. The second-order valence-electron chi connectivity index (χ2n) is 6.13. The molecule has 0 saturated heterocycles. The van der Waals surface area contributed by atoms with Crippen molar-refractivity contribution in [3.63, 3.8) is 0 Å². The van der Waals surface area contributed by atoms with Crippen LogP contribution < -0.4 is 19.8 Å². The summed E-state index contributed by atoms with van der Waals surface area (Å²) in [6.45, 7) is 0.982. The number of hydrogen-bond donors (Lipinski definition) is 0. The minimum absolute atomic E-state index is 0.0370. The highest BCUT2D eigenvalue weighted by atomic mass is 16.5. The van der Waals surface area contributed by atoms with Gasteiger partial charge in [-0.1, -0.05) is 0 Å². The van der Waals surface area contributed by atoms with Crippen LogP contribution in [0, 0.1) is 0 Å². The Morgan fingerprint density at radius 1 is 1.04 bits per heavy atom. The van der Waals surface area contributed by atoms with E-state index in [9.17, 15) is 9.59 Å². The Balaban J connectivity index is 1.95. The van der Waals surface area contributed by atoms with E-state index in [-0.39, 0.29) is 11.5 Å². The summed E-state index contributed by atoms with van der Waals surface area (Å²) in [7, 11) is 6.24. The number of aromatic nitrogens is 1. The minimum atomic E-state index is -0.151. The number of fused-ring (bicyclic) bond motifs is 1. The standard InChI is InChI=1S/C19H22N2O5/c1-20-10-13-11-21(8-7-12(13)9-16(20)22)19(23)14-5-6-15(24-2)18(26-4)17(14)25-3/h5-6,9-10H,7-8,11H2,1-4H3. The maximum atomic E-state index is 13.1. The number of ether oxygens (including phenoxy) is 3. The van der Waals surface area contributed by atoms with Gasteiger partial charge in [0.05, 0.1) is 26.9 Å². The number of hydrogen-bond acceptors (Lipinski definition) is 5. The van der Waals surface area contributed by atoms with Crippen LogP contribution in [0.4, 0.5) is 0 Å². The van der Waals surface area contributed by atoms with Crippen molar-refractivity contribution in [1.82, 2.24) is 9.47 Å². The molecule has 7 nitrogen and oxygen atoms in total. The number of carbonyl (C=O) groups excluding carboxylic acids is 1. The van der Waals surface area contributed by atoms with E-state index in [0.717, 1.165) is 11.1 Å². The fourth-order valence-corrected chi connectivity index (χ4v) is 3.25. The van der Waals surface area contributed by atoms with E-state index in [1.807, 2.05) is 0 Å². The Kier molecular flexibility index (Phi) is 4.88. The smallest absolute Gasteiger partial charge is 0.258 e. The van der Waals surface area contributed by atoms with E-state index >= 15 is 0 Å². The normalized spacial score (nSPS) is 13.2. The van der Waals surface area contributed by atoms with Crippen molar-refractivity contribution in [3.8, 4) is 17.2 Å². The summed E-state index contributed by atoms with van der Waals surface area (Å²) >= 11 is 0. The fraction of sp³-hybridized carbons (Fsp3) is 0.368. The summed E-state index contributed by atoms with van der Waals surface area (Å²) in [5.41, 5.74) is 2.35. The number of aryl methyl sites for hydroxylation is 1. The predicted octanol–water partition coefficient (Wildman–Crippen LogP) is 1.61. The van der Waals surface area contributed by atoms with Crippen molar-refractivity contribution in [2.75, 3.05) is 27.9 Å². The molecule has 0 spiro atoms. The lowest BCUT2D eigenvalue weighted by Gasteiger charge is -2.29. The van der Waals surface area contributed by atoms with E-state index in [1.54, 1.807) is 36.3 Å². The Bertz CT molecular complexity index is 904. The predicted molar refractivity (Wildman–Crippen MR) is 96.2 cm³/mol. The molecule has 138 valence electrons. The highest BCUT2D eigenvalue weighted by Crippen LogP contribution is 2.40. The zero-order valence-electron chi connectivity index (χ0n) is 15.4. The van der Waals surface area contributed by atoms with Crippen LogP contribution in [0.3, 0.4) is 0 Å². The highest BCUT2D eigenvalue weighted by Gasteiger charge is 2.27. The monoisotopic (exact) mass is 358 g/mol. The van der Waals surface area contributed by atoms with E-state index in [1.165, 1.54) is 25.9 Å². The van der Waals surface area contributed by atoms with Gasteiger partial charge in [-0.3, -0.25) is 9.59 Å². The van der Waals surface area contributed by atoms with E-state index < -0.39 is 0 Å². The van der Waals surface area contributed by atoms with Crippen LogP contribution in [0.15, 0.2) is 29.2 Å². The van der Waals surface area contributed by atoms with Crippen LogP contribution in [0.5, 0.6) is 17.2 Å². The van der Waals surface area contributed by atoms with Gasteiger partial charge < -0.3 is 23.7 Å². The molecule has 0 N–H and O–H groups in total. The van der Waals surface area contributed by atoms with Gasteiger partial charge in [0.1, 0.15) is 0 Å². The van der Waals surface area contributed by atoms with Gasteiger partial charge in [0.25, 0.3) is 11.5 Å². The first-order valence-corrected chi connectivity index (χ1v) is 8.26. The topological polar surface area (TPSA) is 70.0 Å². The Morgan fingerprint density at radius 3 is 2.42 bits per heavy atom. The van der Waals surface area contributed by atoms with Gasteiger partial charge in [0.2, 0.25) is 5.75 Å². The van der Waals surface area contributed by atoms with Crippen LogP contribution in [-0.2, 0) is 20.0 Å². The fourth-order valence-electron chi connectivity index (χ4n) is 3.25. The number of nitrogens with zero attached hydrogens (tertiary/aromatic N) is 2. The van der Waals surface area contributed by atoms with Crippen molar-refractivity contribution in [3.05, 3.63) is 51.4 Å². The van der Waals surface area contributed by atoms with Crippen molar-refractivity contribution in [2.45, 2.75) is 13.0 Å². The Hall–Kier alpha value is -2.96. The first-order chi connectivity index (χ1) is 12.5. The van der Waals surface area contributed by atoms with Crippen LogP contribution in [-0.4, -0.2) is 43.2 Å². The lowest BCUT2D eigenvalue weighted by Crippen LogP contribution is -2.37. The molecule has 1 aromatic carbocycles. The molecular formula is C19H22N2O5. The average Bonchev–Trinajstić information content (AvgIpc) is 2.66. The molecule has 3 rings (SSSR count). The highest BCUT2D eigenvalue weighted by molar-refractivity contribution is 5.98. The maximum absolute atomic E-state index is 13.1. The van der Waals surface area contributed by atoms with E-state index in [0.29, 0.717) is 42.3 Å². The molecular weight excluding hydrogens is 336 g/mol. The molecule has 1 aromatic heterocycles. The second kappa shape index (κ2) is 7.11.